The number of carbonyl (C=O) groups is 2. The smallest absolute Gasteiger partial charge is 0.261 e. The van der Waals surface area contributed by atoms with Gasteiger partial charge in [0, 0.05) is 24.6 Å². The number of rotatable bonds is 10. The van der Waals surface area contributed by atoms with Gasteiger partial charge in [-0.1, -0.05) is 91.5 Å². The molecule has 3 aromatic carbocycles. The van der Waals surface area contributed by atoms with Crippen molar-refractivity contribution >= 4 is 23.4 Å². The molecule has 1 fully saturated rings. The Kier molecular flexibility index (Phi) is 9.55. The van der Waals surface area contributed by atoms with Gasteiger partial charge in [0.05, 0.1) is 5.02 Å². The Morgan fingerprint density at radius 1 is 0.946 bits per heavy atom. The van der Waals surface area contributed by atoms with Crippen molar-refractivity contribution in [3.8, 4) is 5.75 Å². The van der Waals surface area contributed by atoms with Crippen molar-refractivity contribution in [1.29, 1.82) is 0 Å². The Morgan fingerprint density at radius 2 is 1.62 bits per heavy atom. The highest BCUT2D eigenvalue weighted by Crippen LogP contribution is 2.24. The molecule has 7 heteroatoms. The molecule has 3 aromatic rings. The first kappa shape index (κ1) is 26.7. The molecule has 37 heavy (non-hydrogen) atoms. The molecular formula is C30H32ClFN2O3. The highest BCUT2D eigenvalue weighted by atomic mass is 35.5. The number of amides is 2. The van der Waals surface area contributed by atoms with Gasteiger partial charge in [-0.2, -0.15) is 0 Å². The van der Waals surface area contributed by atoms with Gasteiger partial charge in [0.2, 0.25) is 5.91 Å². The molecule has 1 N–H and O–H groups in total. The zero-order valence-electron chi connectivity index (χ0n) is 20.7. The molecule has 1 saturated carbocycles. The SMILES string of the molecule is O=C(NC1CCCCC1)[C@H](Cc1ccccc1)N(Cc1ccccc1F)C(=O)COc1ccccc1Cl. The van der Waals surface area contributed by atoms with Crippen LogP contribution in [0.1, 0.15) is 43.2 Å². The fourth-order valence-corrected chi connectivity index (χ4v) is 4.88. The van der Waals surface area contributed by atoms with E-state index >= 15 is 0 Å². The molecule has 0 aliphatic heterocycles. The van der Waals surface area contributed by atoms with E-state index in [1.807, 2.05) is 30.3 Å². The first-order valence-electron chi connectivity index (χ1n) is 12.8. The molecule has 0 aromatic heterocycles. The van der Waals surface area contributed by atoms with E-state index in [0.29, 0.717) is 22.8 Å². The van der Waals surface area contributed by atoms with E-state index in [1.54, 1.807) is 42.5 Å². The number of para-hydroxylation sites is 1. The molecule has 0 spiro atoms. The summed E-state index contributed by atoms with van der Waals surface area (Å²) in [5.41, 5.74) is 1.24. The van der Waals surface area contributed by atoms with Gasteiger partial charge in [0.15, 0.2) is 6.61 Å². The summed E-state index contributed by atoms with van der Waals surface area (Å²) in [7, 11) is 0. The van der Waals surface area contributed by atoms with Gasteiger partial charge in [-0.25, -0.2) is 4.39 Å². The highest BCUT2D eigenvalue weighted by molar-refractivity contribution is 6.32. The third-order valence-electron chi connectivity index (χ3n) is 6.71. The second-order valence-electron chi connectivity index (χ2n) is 9.38. The zero-order valence-corrected chi connectivity index (χ0v) is 21.5. The fourth-order valence-electron chi connectivity index (χ4n) is 4.69. The summed E-state index contributed by atoms with van der Waals surface area (Å²) in [5.74, 6) is -0.728. The lowest BCUT2D eigenvalue weighted by Gasteiger charge is -2.33. The number of nitrogens with zero attached hydrogens (tertiary/aromatic N) is 1. The predicted molar refractivity (Wildman–Crippen MR) is 143 cm³/mol. The van der Waals surface area contributed by atoms with Crippen molar-refractivity contribution in [2.75, 3.05) is 6.61 Å². The average Bonchev–Trinajstić information content (AvgIpc) is 2.92. The van der Waals surface area contributed by atoms with E-state index in [0.717, 1.165) is 37.7 Å². The average molecular weight is 523 g/mol. The van der Waals surface area contributed by atoms with Gasteiger partial charge in [0.1, 0.15) is 17.6 Å². The zero-order chi connectivity index (χ0) is 26.0. The number of hydrogen-bond donors (Lipinski definition) is 1. The summed E-state index contributed by atoms with van der Waals surface area (Å²) in [6.07, 6.45) is 5.43. The van der Waals surface area contributed by atoms with Crippen LogP contribution < -0.4 is 10.1 Å². The second-order valence-corrected chi connectivity index (χ2v) is 9.79. The Labute approximate surface area is 222 Å². The Bertz CT molecular complexity index is 1180. The van der Waals surface area contributed by atoms with Crippen LogP contribution in [0.15, 0.2) is 78.9 Å². The summed E-state index contributed by atoms with van der Waals surface area (Å²) in [6.45, 7) is -0.396. The van der Waals surface area contributed by atoms with Crippen LogP contribution in [0.2, 0.25) is 5.02 Å². The summed E-state index contributed by atoms with van der Waals surface area (Å²) in [4.78, 5) is 28.8. The van der Waals surface area contributed by atoms with Gasteiger partial charge in [-0.3, -0.25) is 9.59 Å². The van der Waals surface area contributed by atoms with E-state index < -0.39 is 17.8 Å². The van der Waals surface area contributed by atoms with Gasteiger partial charge in [-0.15, -0.1) is 0 Å². The van der Waals surface area contributed by atoms with E-state index in [-0.39, 0.29) is 25.1 Å². The molecule has 5 nitrogen and oxygen atoms in total. The van der Waals surface area contributed by atoms with Crippen molar-refractivity contribution in [2.45, 2.75) is 57.2 Å². The van der Waals surface area contributed by atoms with E-state index in [9.17, 15) is 14.0 Å². The Balaban J connectivity index is 1.62. The summed E-state index contributed by atoms with van der Waals surface area (Å²) < 4.78 is 20.4. The van der Waals surface area contributed by atoms with Gasteiger partial charge < -0.3 is 15.0 Å². The van der Waals surface area contributed by atoms with Crippen molar-refractivity contribution in [1.82, 2.24) is 10.2 Å². The molecule has 1 atom stereocenters. The molecule has 1 aliphatic carbocycles. The van der Waals surface area contributed by atoms with Gasteiger partial charge >= 0.3 is 0 Å². The first-order valence-corrected chi connectivity index (χ1v) is 13.1. The normalized spacial score (nSPS) is 14.5. The number of ether oxygens (including phenoxy) is 1. The summed E-state index contributed by atoms with van der Waals surface area (Å²) in [6, 6.07) is 22.0. The molecule has 0 saturated heterocycles. The van der Waals surface area contributed by atoms with Gasteiger partial charge in [-0.05, 0) is 36.6 Å². The number of carbonyl (C=O) groups excluding carboxylic acids is 2. The van der Waals surface area contributed by atoms with E-state index in [2.05, 4.69) is 5.32 Å². The number of nitrogens with one attached hydrogen (secondary N) is 1. The monoisotopic (exact) mass is 522 g/mol. The summed E-state index contributed by atoms with van der Waals surface area (Å²) in [5, 5.41) is 3.55. The standard InChI is InChI=1S/C30H32ClFN2O3/c31-25-16-8-10-18-28(25)37-21-29(35)34(20-23-13-7-9-17-26(23)32)27(19-22-11-3-1-4-12-22)30(36)33-24-14-5-2-6-15-24/h1,3-4,7-13,16-18,24,27H,2,5-6,14-15,19-21H2,(H,33,36)/t27-/m0/s1. The minimum atomic E-state index is -0.841. The molecule has 0 heterocycles. The lowest BCUT2D eigenvalue weighted by atomic mass is 9.94. The fraction of sp³-hybridized carbons (Fsp3) is 0.333. The van der Waals surface area contributed by atoms with Crippen molar-refractivity contribution in [3.05, 3.63) is 101 Å². The Morgan fingerprint density at radius 3 is 2.35 bits per heavy atom. The maximum Gasteiger partial charge on any atom is 0.261 e. The van der Waals surface area contributed by atoms with Crippen molar-refractivity contribution in [2.24, 2.45) is 0 Å². The highest BCUT2D eigenvalue weighted by Gasteiger charge is 2.32. The lowest BCUT2D eigenvalue weighted by Crippen LogP contribution is -2.53. The van der Waals surface area contributed by atoms with E-state index in [4.69, 9.17) is 16.3 Å². The maximum atomic E-state index is 14.7. The van der Waals surface area contributed by atoms with Crippen molar-refractivity contribution < 1.29 is 18.7 Å². The Hall–Kier alpha value is -3.38. The van der Waals surface area contributed by atoms with Crippen LogP contribution in [-0.2, 0) is 22.6 Å². The van der Waals surface area contributed by atoms with Crippen LogP contribution in [0.3, 0.4) is 0 Å². The van der Waals surface area contributed by atoms with Crippen molar-refractivity contribution in [3.63, 3.8) is 0 Å². The second kappa shape index (κ2) is 13.2. The first-order chi connectivity index (χ1) is 18.0. The minimum Gasteiger partial charge on any atom is -0.482 e. The molecule has 0 bridgehead atoms. The van der Waals surface area contributed by atoms with Gasteiger partial charge in [0.25, 0.3) is 5.91 Å². The van der Waals surface area contributed by atoms with Crippen LogP contribution in [0.5, 0.6) is 5.75 Å². The molecular weight excluding hydrogens is 491 g/mol. The van der Waals surface area contributed by atoms with Crippen LogP contribution in [0.25, 0.3) is 0 Å². The number of hydrogen-bond acceptors (Lipinski definition) is 3. The largest absolute Gasteiger partial charge is 0.482 e. The minimum absolute atomic E-state index is 0.0625. The third kappa shape index (κ3) is 7.56. The molecule has 194 valence electrons. The molecule has 0 unspecified atom stereocenters. The third-order valence-corrected chi connectivity index (χ3v) is 7.02. The quantitative estimate of drug-likeness (QED) is 0.358. The maximum absolute atomic E-state index is 14.7. The van der Waals surface area contributed by atoms with Crippen LogP contribution >= 0.6 is 11.6 Å². The number of benzene rings is 3. The summed E-state index contributed by atoms with van der Waals surface area (Å²) >= 11 is 6.20. The topological polar surface area (TPSA) is 58.6 Å². The van der Waals surface area contributed by atoms with Crippen LogP contribution in [-0.4, -0.2) is 35.4 Å². The van der Waals surface area contributed by atoms with E-state index in [1.165, 1.54) is 11.0 Å². The van der Waals surface area contributed by atoms with Crippen LogP contribution in [0.4, 0.5) is 4.39 Å². The van der Waals surface area contributed by atoms with Crippen LogP contribution in [0, 0.1) is 5.82 Å². The predicted octanol–water partition coefficient (Wildman–Crippen LogP) is 5.95. The number of halogens is 2. The molecule has 0 radical (unpaired) electrons. The molecule has 1 aliphatic rings. The molecule has 4 rings (SSSR count). The molecule has 2 amide bonds. The lowest BCUT2D eigenvalue weighted by molar-refractivity contribution is -0.143.